The second-order valence-electron chi connectivity index (χ2n) is 5.59. The van der Waals surface area contributed by atoms with Crippen molar-refractivity contribution < 1.29 is 4.74 Å². The maximum atomic E-state index is 5.72. The zero-order valence-electron chi connectivity index (χ0n) is 12.5. The van der Waals surface area contributed by atoms with Gasteiger partial charge in [-0.25, -0.2) is 0 Å². The summed E-state index contributed by atoms with van der Waals surface area (Å²) in [6, 6.07) is 16.7. The Hall–Kier alpha value is -1.96. The second-order valence-corrected chi connectivity index (χ2v) is 5.59. The number of aryl methyl sites for hydroxylation is 1. The molecule has 0 spiro atoms. The minimum Gasteiger partial charge on any atom is -0.494 e. The van der Waals surface area contributed by atoms with E-state index in [1.165, 1.54) is 42.5 Å². The van der Waals surface area contributed by atoms with Crippen LogP contribution in [0.25, 0.3) is 0 Å². The Bertz CT molecular complexity index is 565. The summed E-state index contributed by atoms with van der Waals surface area (Å²) in [7, 11) is 0. The number of para-hydroxylation sites is 1. The van der Waals surface area contributed by atoms with Gasteiger partial charge in [-0.3, -0.25) is 0 Å². The van der Waals surface area contributed by atoms with Crippen molar-refractivity contribution >= 4 is 5.69 Å². The minimum atomic E-state index is 0.756. The third-order valence-electron chi connectivity index (χ3n) is 4.04. The number of hydrogen-bond donors (Lipinski definition) is 1. The van der Waals surface area contributed by atoms with Crippen LogP contribution in [0.15, 0.2) is 48.5 Å². The number of hydrogen-bond acceptors (Lipinski definition) is 2. The standard InChI is InChI=1S/C19H23NO/c1-2-10-17(11-3-1)21-15-7-14-20-19-13-6-9-16-8-4-5-12-18(16)19/h1-3,6,9-11,13,20H,4-5,7-8,12,14-15H2. The van der Waals surface area contributed by atoms with Crippen molar-refractivity contribution in [2.75, 3.05) is 18.5 Å². The molecule has 0 radical (unpaired) electrons. The van der Waals surface area contributed by atoms with Gasteiger partial charge in [-0.15, -0.1) is 0 Å². The molecule has 0 aromatic heterocycles. The van der Waals surface area contributed by atoms with Crippen molar-refractivity contribution in [3.05, 3.63) is 59.7 Å². The van der Waals surface area contributed by atoms with Gasteiger partial charge < -0.3 is 10.1 Å². The van der Waals surface area contributed by atoms with E-state index in [1.54, 1.807) is 0 Å². The van der Waals surface area contributed by atoms with Crippen LogP contribution < -0.4 is 10.1 Å². The Morgan fingerprint density at radius 2 is 1.76 bits per heavy atom. The van der Waals surface area contributed by atoms with E-state index in [2.05, 4.69) is 23.5 Å². The van der Waals surface area contributed by atoms with Crippen LogP contribution in [-0.4, -0.2) is 13.2 Å². The normalized spacial score (nSPS) is 13.5. The van der Waals surface area contributed by atoms with Gasteiger partial charge in [-0.1, -0.05) is 30.3 Å². The molecule has 2 aromatic rings. The number of benzene rings is 2. The summed E-state index contributed by atoms with van der Waals surface area (Å²) in [5.74, 6) is 0.953. The molecule has 1 aliphatic rings. The molecule has 0 saturated carbocycles. The molecule has 0 fully saturated rings. The van der Waals surface area contributed by atoms with Gasteiger partial charge in [0, 0.05) is 12.2 Å². The third-order valence-corrected chi connectivity index (χ3v) is 4.04. The summed E-state index contributed by atoms with van der Waals surface area (Å²) >= 11 is 0. The monoisotopic (exact) mass is 281 g/mol. The largest absolute Gasteiger partial charge is 0.494 e. The fourth-order valence-electron chi connectivity index (χ4n) is 2.95. The van der Waals surface area contributed by atoms with Gasteiger partial charge in [0.15, 0.2) is 0 Å². The summed E-state index contributed by atoms with van der Waals surface area (Å²) in [5, 5.41) is 3.58. The predicted octanol–water partition coefficient (Wildman–Crippen LogP) is 4.45. The Labute approximate surface area is 127 Å². The number of fused-ring (bicyclic) bond motifs is 1. The summed E-state index contributed by atoms with van der Waals surface area (Å²) in [6.07, 6.45) is 6.13. The fraction of sp³-hybridized carbons (Fsp3) is 0.368. The summed E-state index contributed by atoms with van der Waals surface area (Å²) in [5.41, 5.74) is 4.39. The minimum absolute atomic E-state index is 0.756. The molecule has 0 amide bonds. The van der Waals surface area contributed by atoms with Crippen LogP contribution in [0, 0.1) is 0 Å². The molecule has 2 heteroatoms. The van der Waals surface area contributed by atoms with Crippen LogP contribution in [0.1, 0.15) is 30.4 Å². The lowest BCUT2D eigenvalue weighted by Gasteiger charge is -2.20. The van der Waals surface area contributed by atoms with E-state index >= 15 is 0 Å². The van der Waals surface area contributed by atoms with Gasteiger partial charge in [0.1, 0.15) is 5.75 Å². The Balaban J connectivity index is 1.45. The predicted molar refractivity (Wildman–Crippen MR) is 88.1 cm³/mol. The van der Waals surface area contributed by atoms with Crippen molar-refractivity contribution in [2.24, 2.45) is 0 Å². The molecule has 0 bridgehead atoms. The Morgan fingerprint density at radius 3 is 2.67 bits per heavy atom. The topological polar surface area (TPSA) is 21.3 Å². The highest BCUT2D eigenvalue weighted by Gasteiger charge is 2.12. The third kappa shape index (κ3) is 3.78. The van der Waals surface area contributed by atoms with E-state index in [0.29, 0.717) is 0 Å². The van der Waals surface area contributed by atoms with Crippen LogP contribution in [0.3, 0.4) is 0 Å². The maximum absolute atomic E-state index is 5.72. The molecule has 0 saturated heterocycles. The molecular weight excluding hydrogens is 258 g/mol. The van der Waals surface area contributed by atoms with Crippen LogP contribution in [0.4, 0.5) is 5.69 Å². The number of rotatable bonds is 6. The lowest BCUT2D eigenvalue weighted by atomic mass is 9.90. The molecule has 3 rings (SSSR count). The summed E-state index contributed by atoms with van der Waals surface area (Å²) in [4.78, 5) is 0. The molecule has 0 atom stereocenters. The molecule has 21 heavy (non-hydrogen) atoms. The maximum Gasteiger partial charge on any atom is 0.119 e. The van der Waals surface area contributed by atoms with Gasteiger partial charge in [0.2, 0.25) is 0 Å². The highest BCUT2D eigenvalue weighted by Crippen LogP contribution is 2.27. The van der Waals surface area contributed by atoms with E-state index < -0.39 is 0 Å². The molecule has 0 heterocycles. The molecule has 0 aliphatic heterocycles. The zero-order valence-corrected chi connectivity index (χ0v) is 12.5. The highest BCUT2D eigenvalue weighted by atomic mass is 16.5. The molecule has 2 nitrogen and oxygen atoms in total. The molecule has 1 aliphatic carbocycles. The van der Waals surface area contributed by atoms with Crippen molar-refractivity contribution in [3.8, 4) is 5.75 Å². The number of ether oxygens (including phenoxy) is 1. The van der Waals surface area contributed by atoms with E-state index in [4.69, 9.17) is 4.74 Å². The first-order chi connectivity index (χ1) is 10.4. The van der Waals surface area contributed by atoms with E-state index in [1.807, 2.05) is 30.3 Å². The smallest absolute Gasteiger partial charge is 0.119 e. The first-order valence-corrected chi connectivity index (χ1v) is 7.96. The van der Waals surface area contributed by atoms with Gasteiger partial charge in [0.05, 0.1) is 6.61 Å². The Kier molecular flexibility index (Phi) is 4.78. The zero-order chi connectivity index (χ0) is 14.3. The van der Waals surface area contributed by atoms with Crippen molar-refractivity contribution in [3.63, 3.8) is 0 Å². The Morgan fingerprint density at radius 1 is 0.905 bits per heavy atom. The van der Waals surface area contributed by atoms with Crippen LogP contribution in [-0.2, 0) is 12.8 Å². The highest BCUT2D eigenvalue weighted by molar-refractivity contribution is 5.55. The molecule has 2 aromatic carbocycles. The van der Waals surface area contributed by atoms with Gasteiger partial charge >= 0.3 is 0 Å². The first kappa shape index (κ1) is 14.0. The molecule has 1 N–H and O–H groups in total. The number of anilines is 1. The van der Waals surface area contributed by atoms with Crippen molar-refractivity contribution in [1.29, 1.82) is 0 Å². The summed E-state index contributed by atoms with van der Waals surface area (Å²) < 4.78 is 5.72. The van der Waals surface area contributed by atoms with Crippen LogP contribution >= 0.6 is 0 Å². The average molecular weight is 281 g/mol. The quantitative estimate of drug-likeness (QED) is 0.790. The van der Waals surface area contributed by atoms with Crippen molar-refractivity contribution in [1.82, 2.24) is 0 Å². The van der Waals surface area contributed by atoms with Crippen LogP contribution in [0.2, 0.25) is 0 Å². The molecule has 0 unspecified atom stereocenters. The lowest BCUT2D eigenvalue weighted by molar-refractivity contribution is 0.315. The summed E-state index contributed by atoms with van der Waals surface area (Å²) in [6.45, 7) is 1.72. The number of nitrogens with one attached hydrogen (secondary N) is 1. The van der Waals surface area contributed by atoms with E-state index in [-0.39, 0.29) is 0 Å². The van der Waals surface area contributed by atoms with Gasteiger partial charge in [-0.2, -0.15) is 0 Å². The SMILES string of the molecule is c1ccc(OCCCNc2cccc3c2CCCC3)cc1. The second kappa shape index (κ2) is 7.16. The fourth-order valence-corrected chi connectivity index (χ4v) is 2.95. The molecule has 110 valence electrons. The first-order valence-electron chi connectivity index (χ1n) is 7.96. The molecular formula is C19H23NO. The van der Waals surface area contributed by atoms with Crippen molar-refractivity contribution in [2.45, 2.75) is 32.1 Å². The van der Waals surface area contributed by atoms with Crippen LogP contribution in [0.5, 0.6) is 5.75 Å². The average Bonchev–Trinajstić information content (AvgIpc) is 2.56. The van der Waals surface area contributed by atoms with Gasteiger partial charge in [0.25, 0.3) is 0 Å². The van der Waals surface area contributed by atoms with E-state index in [9.17, 15) is 0 Å². The lowest BCUT2D eigenvalue weighted by Crippen LogP contribution is -2.11. The van der Waals surface area contributed by atoms with E-state index in [0.717, 1.165) is 25.3 Å². The van der Waals surface area contributed by atoms with Gasteiger partial charge in [-0.05, 0) is 61.4 Å².